The van der Waals surface area contributed by atoms with Crippen LogP contribution in [0, 0.1) is 19.3 Å². The summed E-state index contributed by atoms with van der Waals surface area (Å²) < 4.78 is 0. The molecule has 72 valence electrons. The SMILES string of the molecule is C#Cc1cnccc1-c1ccc(C)cc1. The molecule has 0 fully saturated rings. The summed E-state index contributed by atoms with van der Waals surface area (Å²) in [6.07, 6.45) is 8.91. The third-order valence-electron chi connectivity index (χ3n) is 2.34. The first-order valence-electron chi connectivity index (χ1n) is 4.79. The molecule has 0 unspecified atom stereocenters. The van der Waals surface area contributed by atoms with E-state index in [1.54, 1.807) is 12.4 Å². The highest BCUT2D eigenvalue weighted by molar-refractivity contribution is 5.70. The Morgan fingerprint density at radius 2 is 1.87 bits per heavy atom. The summed E-state index contributed by atoms with van der Waals surface area (Å²) in [6, 6.07) is 10.3. The van der Waals surface area contributed by atoms with Gasteiger partial charge in [0.2, 0.25) is 0 Å². The van der Waals surface area contributed by atoms with Gasteiger partial charge in [-0.3, -0.25) is 4.98 Å². The van der Waals surface area contributed by atoms with Crippen LogP contribution in [0.25, 0.3) is 11.1 Å². The molecule has 0 bridgehead atoms. The van der Waals surface area contributed by atoms with Crippen LogP contribution in [0.1, 0.15) is 11.1 Å². The Hall–Kier alpha value is -2.07. The highest BCUT2D eigenvalue weighted by Crippen LogP contribution is 2.22. The molecule has 2 rings (SSSR count). The van der Waals surface area contributed by atoms with E-state index in [4.69, 9.17) is 6.42 Å². The zero-order valence-corrected chi connectivity index (χ0v) is 8.57. The van der Waals surface area contributed by atoms with Crippen LogP contribution < -0.4 is 0 Å². The molecule has 0 N–H and O–H groups in total. The lowest BCUT2D eigenvalue weighted by molar-refractivity contribution is 1.31. The second-order valence-electron chi connectivity index (χ2n) is 3.43. The summed E-state index contributed by atoms with van der Waals surface area (Å²) >= 11 is 0. The predicted molar refractivity (Wildman–Crippen MR) is 62.3 cm³/mol. The zero-order valence-electron chi connectivity index (χ0n) is 8.57. The molecule has 1 nitrogen and oxygen atoms in total. The molecule has 0 amide bonds. The first kappa shape index (κ1) is 9.48. The maximum Gasteiger partial charge on any atom is 0.0504 e. The first-order valence-corrected chi connectivity index (χ1v) is 4.79. The molecule has 15 heavy (non-hydrogen) atoms. The second kappa shape index (κ2) is 3.98. The van der Waals surface area contributed by atoms with Crippen molar-refractivity contribution in [2.75, 3.05) is 0 Å². The largest absolute Gasteiger partial charge is 0.263 e. The molecule has 0 saturated heterocycles. The zero-order chi connectivity index (χ0) is 10.7. The smallest absolute Gasteiger partial charge is 0.0504 e. The van der Waals surface area contributed by atoms with E-state index in [1.165, 1.54) is 5.56 Å². The Labute approximate surface area is 89.8 Å². The molecular formula is C14H11N. The maximum atomic E-state index is 5.43. The normalized spacial score (nSPS) is 9.60. The molecule has 1 heteroatoms. The standard InChI is InChI=1S/C14H11N/c1-3-12-10-15-9-8-14(12)13-6-4-11(2)5-7-13/h1,4-10H,2H3. The Balaban J connectivity index is 2.55. The number of aryl methyl sites for hydroxylation is 1. The van der Waals surface area contributed by atoms with E-state index in [1.807, 2.05) is 6.07 Å². The van der Waals surface area contributed by atoms with Crippen LogP contribution in [0.15, 0.2) is 42.7 Å². The van der Waals surface area contributed by atoms with Crippen LogP contribution in [0.5, 0.6) is 0 Å². The van der Waals surface area contributed by atoms with Gasteiger partial charge in [0, 0.05) is 18.0 Å². The number of hydrogen-bond donors (Lipinski definition) is 0. The number of hydrogen-bond acceptors (Lipinski definition) is 1. The third-order valence-corrected chi connectivity index (χ3v) is 2.34. The van der Waals surface area contributed by atoms with E-state index in [-0.39, 0.29) is 0 Å². The van der Waals surface area contributed by atoms with Gasteiger partial charge in [-0.25, -0.2) is 0 Å². The van der Waals surface area contributed by atoms with Crippen LogP contribution in [0.4, 0.5) is 0 Å². The van der Waals surface area contributed by atoms with E-state index in [2.05, 4.69) is 42.1 Å². The number of aromatic nitrogens is 1. The summed E-state index contributed by atoms with van der Waals surface area (Å²) in [4.78, 5) is 4.02. The van der Waals surface area contributed by atoms with Gasteiger partial charge in [0.1, 0.15) is 0 Å². The number of rotatable bonds is 1. The molecule has 1 aromatic carbocycles. The van der Waals surface area contributed by atoms with Crippen molar-refractivity contribution in [3.63, 3.8) is 0 Å². The van der Waals surface area contributed by atoms with Gasteiger partial charge in [-0.1, -0.05) is 35.7 Å². The van der Waals surface area contributed by atoms with E-state index in [9.17, 15) is 0 Å². The van der Waals surface area contributed by atoms with Gasteiger partial charge in [0.15, 0.2) is 0 Å². The molecule has 0 atom stereocenters. The van der Waals surface area contributed by atoms with Gasteiger partial charge in [-0.05, 0) is 18.6 Å². The van der Waals surface area contributed by atoms with Gasteiger partial charge in [-0.15, -0.1) is 6.42 Å². The molecular weight excluding hydrogens is 182 g/mol. The summed E-state index contributed by atoms with van der Waals surface area (Å²) in [5.41, 5.74) is 4.28. The van der Waals surface area contributed by atoms with E-state index in [0.29, 0.717) is 0 Å². The van der Waals surface area contributed by atoms with Crippen LogP contribution >= 0.6 is 0 Å². The van der Waals surface area contributed by atoms with Gasteiger partial charge >= 0.3 is 0 Å². The fraction of sp³-hybridized carbons (Fsp3) is 0.0714. The lowest BCUT2D eigenvalue weighted by Gasteiger charge is -2.04. The van der Waals surface area contributed by atoms with E-state index >= 15 is 0 Å². The third kappa shape index (κ3) is 1.89. The Kier molecular flexibility index (Phi) is 2.51. The molecule has 2 aromatic rings. The Bertz CT molecular complexity index is 504. The minimum Gasteiger partial charge on any atom is -0.263 e. The van der Waals surface area contributed by atoms with Crippen molar-refractivity contribution in [2.45, 2.75) is 6.92 Å². The van der Waals surface area contributed by atoms with Crippen molar-refractivity contribution in [3.8, 4) is 23.5 Å². The number of pyridine rings is 1. The first-order chi connectivity index (χ1) is 7.31. The lowest BCUT2D eigenvalue weighted by Crippen LogP contribution is -1.85. The topological polar surface area (TPSA) is 12.9 Å². The van der Waals surface area contributed by atoms with E-state index in [0.717, 1.165) is 16.7 Å². The number of terminal acetylenes is 1. The summed E-state index contributed by atoms with van der Waals surface area (Å²) in [5, 5.41) is 0. The number of benzene rings is 1. The average Bonchev–Trinajstić information content (AvgIpc) is 2.30. The van der Waals surface area contributed by atoms with Crippen molar-refractivity contribution in [3.05, 3.63) is 53.9 Å². The Morgan fingerprint density at radius 1 is 1.13 bits per heavy atom. The van der Waals surface area contributed by atoms with E-state index < -0.39 is 0 Å². The van der Waals surface area contributed by atoms with Gasteiger partial charge < -0.3 is 0 Å². The molecule has 1 aromatic heterocycles. The van der Waals surface area contributed by atoms with Gasteiger partial charge in [0.05, 0.1) is 5.56 Å². The van der Waals surface area contributed by atoms with Crippen LogP contribution in [-0.4, -0.2) is 4.98 Å². The molecule has 0 aliphatic rings. The summed E-state index contributed by atoms with van der Waals surface area (Å²) in [5.74, 6) is 2.65. The van der Waals surface area contributed by atoms with Crippen molar-refractivity contribution >= 4 is 0 Å². The lowest BCUT2D eigenvalue weighted by atomic mass is 10.0. The summed E-state index contributed by atoms with van der Waals surface area (Å²) in [7, 11) is 0. The van der Waals surface area contributed by atoms with Crippen LogP contribution in [0.3, 0.4) is 0 Å². The maximum absolute atomic E-state index is 5.43. The van der Waals surface area contributed by atoms with Crippen molar-refractivity contribution in [2.24, 2.45) is 0 Å². The van der Waals surface area contributed by atoms with Gasteiger partial charge in [0.25, 0.3) is 0 Å². The van der Waals surface area contributed by atoms with Crippen molar-refractivity contribution in [1.29, 1.82) is 0 Å². The van der Waals surface area contributed by atoms with Crippen LogP contribution in [-0.2, 0) is 0 Å². The molecule has 0 radical (unpaired) electrons. The molecule has 1 heterocycles. The Morgan fingerprint density at radius 3 is 2.53 bits per heavy atom. The highest BCUT2D eigenvalue weighted by Gasteiger charge is 2.01. The van der Waals surface area contributed by atoms with Crippen molar-refractivity contribution in [1.82, 2.24) is 4.98 Å². The monoisotopic (exact) mass is 193 g/mol. The quantitative estimate of drug-likeness (QED) is 0.634. The van der Waals surface area contributed by atoms with Crippen LogP contribution in [0.2, 0.25) is 0 Å². The molecule has 0 spiro atoms. The number of nitrogens with zero attached hydrogens (tertiary/aromatic N) is 1. The fourth-order valence-electron chi connectivity index (χ4n) is 1.49. The van der Waals surface area contributed by atoms with Gasteiger partial charge in [-0.2, -0.15) is 0 Å². The minimum atomic E-state index is 0.835. The second-order valence-corrected chi connectivity index (χ2v) is 3.43. The molecule has 0 aliphatic carbocycles. The predicted octanol–water partition coefficient (Wildman–Crippen LogP) is 3.04. The minimum absolute atomic E-state index is 0.835. The molecule has 0 aliphatic heterocycles. The van der Waals surface area contributed by atoms with Crippen molar-refractivity contribution < 1.29 is 0 Å². The summed E-state index contributed by atoms with van der Waals surface area (Å²) in [6.45, 7) is 2.07. The fourth-order valence-corrected chi connectivity index (χ4v) is 1.49. The molecule has 0 saturated carbocycles. The highest BCUT2D eigenvalue weighted by atomic mass is 14.6. The average molecular weight is 193 g/mol.